The van der Waals surface area contributed by atoms with Crippen LogP contribution in [0.3, 0.4) is 0 Å². The maximum Gasteiger partial charge on any atom is 0.320 e. The Balaban J connectivity index is 2.41. The van der Waals surface area contributed by atoms with Gasteiger partial charge in [-0.25, -0.2) is 15.8 Å². The highest BCUT2D eigenvalue weighted by atomic mass is 32.2. The average molecular weight is 267 g/mol. The van der Waals surface area contributed by atoms with Gasteiger partial charge in [-0.1, -0.05) is 0 Å². The van der Waals surface area contributed by atoms with Gasteiger partial charge in [0.25, 0.3) is 0 Å². The van der Waals surface area contributed by atoms with Gasteiger partial charge in [0.15, 0.2) is 10.2 Å². The number of nitrogen functional groups attached to an aromatic ring is 1. The summed E-state index contributed by atoms with van der Waals surface area (Å²) in [6.45, 7) is 0. The molecule has 10 heteroatoms. The predicted molar refractivity (Wildman–Crippen MR) is 63.8 cm³/mol. The third-order valence-electron chi connectivity index (χ3n) is 2.03. The standard InChI is InChI=1S/C8H9N7O2S/c1-14-3-2-10-8(14)18-6-5(15(16)17)4-11-7(12-6)13-9/h2-4H,9H2,1H3,(H,11,12,13). The summed E-state index contributed by atoms with van der Waals surface area (Å²) < 4.78 is 1.73. The van der Waals surface area contributed by atoms with E-state index in [-0.39, 0.29) is 16.7 Å². The molecule has 18 heavy (non-hydrogen) atoms. The van der Waals surface area contributed by atoms with Crippen LogP contribution in [0.15, 0.2) is 28.8 Å². The summed E-state index contributed by atoms with van der Waals surface area (Å²) in [5, 5.41) is 11.6. The molecule has 0 radical (unpaired) electrons. The monoisotopic (exact) mass is 267 g/mol. The van der Waals surface area contributed by atoms with Crippen LogP contribution in [0.1, 0.15) is 0 Å². The van der Waals surface area contributed by atoms with Gasteiger partial charge in [-0.3, -0.25) is 15.5 Å². The van der Waals surface area contributed by atoms with E-state index in [9.17, 15) is 10.1 Å². The molecule has 94 valence electrons. The van der Waals surface area contributed by atoms with E-state index < -0.39 is 4.92 Å². The van der Waals surface area contributed by atoms with E-state index in [1.165, 1.54) is 0 Å². The van der Waals surface area contributed by atoms with Crippen LogP contribution in [0.5, 0.6) is 0 Å². The molecule has 0 spiro atoms. The first-order valence-electron chi connectivity index (χ1n) is 4.75. The summed E-state index contributed by atoms with van der Waals surface area (Å²) in [4.78, 5) is 22.0. The molecule has 2 aromatic rings. The lowest BCUT2D eigenvalue weighted by atomic mass is 10.5. The van der Waals surface area contributed by atoms with Crippen LogP contribution >= 0.6 is 11.8 Å². The molecular weight excluding hydrogens is 258 g/mol. The van der Waals surface area contributed by atoms with Gasteiger partial charge in [-0.15, -0.1) is 0 Å². The highest BCUT2D eigenvalue weighted by Crippen LogP contribution is 2.31. The van der Waals surface area contributed by atoms with Crippen LogP contribution in [0, 0.1) is 10.1 Å². The van der Waals surface area contributed by atoms with E-state index in [1.807, 2.05) is 0 Å². The zero-order chi connectivity index (χ0) is 13.1. The molecule has 2 rings (SSSR count). The number of nitrogens with two attached hydrogens (primary N) is 1. The number of nitro groups is 1. The summed E-state index contributed by atoms with van der Waals surface area (Å²) in [5.41, 5.74) is 2.05. The fourth-order valence-corrected chi connectivity index (χ4v) is 2.02. The van der Waals surface area contributed by atoms with Crippen molar-refractivity contribution in [1.82, 2.24) is 19.5 Å². The first-order valence-corrected chi connectivity index (χ1v) is 5.56. The average Bonchev–Trinajstić information content (AvgIpc) is 2.74. The largest absolute Gasteiger partial charge is 0.329 e. The lowest BCUT2D eigenvalue weighted by Crippen LogP contribution is -2.11. The Hall–Kier alpha value is -2.20. The SMILES string of the molecule is Cn1ccnc1Sc1nc(NN)ncc1[N+](=O)[O-]. The van der Waals surface area contributed by atoms with E-state index >= 15 is 0 Å². The highest BCUT2D eigenvalue weighted by Gasteiger charge is 2.19. The number of rotatable bonds is 4. The van der Waals surface area contributed by atoms with Gasteiger partial charge >= 0.3 is 5.69 Å². The number of aromatic nitrogens is 4. The second kappa shape index (κ2) is 4.98. The summed E-state index contributed by atoms with van der Waals surface area (Å²) in [6.07, 6.45) is 4.43. The number of nitrogens with zero attached hydrogens (tertiary/aromatic N) is 5. The van der Waals surface area contributed by atoms with E-state index in [1.54, 1.807) is 24.0 Å². The van der Waals surface area contributed by atoms with E-state index in [0.29, 0.717) is 5.16 Å². The van der Waals surface area contributed by atoms with Gasteiger partial charge in [0.05, 0.1) is 4.92 Å². The lowest BCUT2D eigenvalue weighted by Gasteiger charge is -2.03. The van der Waals surface area contributed by atoms with Gasteiger partial charge in [0.2, 0.25) is 5.95 Å². The maximum absolute atomic E-state index is 10.9. The molecule has 0 atom stereocenters. The highest BCUT2D eigenvalue weighted by molar-refractivity contribution is 7.99. The van der Waals surface area contributed by atoms with Crippen molar-refractivity contribution in [2.24, 2.45) is 12.9 Å². The van der Waals surface area contributed by atoms with Crippen molar-refractivity contribution in [3.05, 3.63) is 28.7 Å². The summed E-state index contributed by atoms with van der Waals surface area (Å²) in [5.74, 6) is 5.28. The second-order valence-electron chi connectivity index (χ2n) is 3.21. The summed E-state index contributed by atoms with van der Waals surface area (Å²) >= 11 is 1.07. The molecule has 2 aromatic heterocycles. The molecule has 0 saturated carbocycles. The third kappa shape index (κ3) is 2.38. The topological polar surface area (TPSA) is 125 Å². The summed E-state index contributed by atoms with van der Waals surface area (Å²) in [6, 6.07) is 0. The van der Waals surface area contributed by atoms with E-state index in [2.05, 4.69) is 20.4 Å². The Bertz CT molecular complexity index is 585. The molecule has 9 nitrogen and oxygen atoms in total. The fourth-order valence-electron chi connectivity index (χ4n) is 1.17. The minimum Gasteiger partial charge on any atom is -0.329 e. The van der Waals surface area contributed by atoms with Crippen molar-refractivity contribution in [1.29, 1.82) is 0 Å². The number of nitrogens with one attached hydrogen (secondary N) is 1. The second-order valence-corrected chi connectivity index (χ2v) is 4.16. The van der Waals surface area contributed by atoms with Crippen molar-refractivity contribution in [3.63, 3.8) is 0 Å². The molecule has 0 aliphatic rings. The van der Waals surface area contributed by atoms with Crippen molar-refractivity contribution in [3.8, 4) is 0 Å². The van der Waals surface area contributed by atoms with Crippen molar-refractivity contribution in [2.45, 2.75) is 10.2 Å². The smallest absolute Gasteiger partial charge is 0.320 e. The molecule has 0 saturated heterocycles. The zero-order valence-electron chi connectivity index (χ0n) is 9.27. The van der Waals surface area contributed by atoms with Gasteiger partial charge in [0.1, 0.15) is 6.20 Å². The van der Waals surface area contributed by atoms with Gasteiger partial charge in [0, 0.05) is 19.4 Å². The first-order chi connectivity index (χ1) is 8.61. The molecular formula is C8H9N7O2S. The van der Waals surface area contributed by atoms with Crippen LogP contribution in [0.25, 0.3) is 0 Å². The normalized spacial score (nSPS) is 10.3. The number of hydrazine groups is 1. The number of hydrogen-bond donors (Lipinski definition) is 2. The molecule has 0 amide bonds. The number of aryl methyl sites for hydroxylation is 1. The molecule has 2 heterocycles. The minimum absolute atomic E-state index is 0.109. The molecule has 0 bridgehead atoms. The van der Waals surface area contributed by atoms with Crippen molar-refractivity contribution >= 4 is 23.4 Å². The van der Waals surface area contributed by atoms with Crippen LogP contribution in [0.2, 0.25) is 0 Å². The lowest BCUT2D eigenvalue weighted by molar-refractivity contribution is -0.388. The van der Waals surface area contributed by atoms with Gasteiger partial charge in [-0.2, -0.15) is 4.98 Å². The third-order valence-corrected chi connectivity index (χ3v) is 3.10. The predicted octanol–water partition coefficient (Wildman–Crippen LogP) is 0.555. The van der Waals surface area contributed by atoms with Crippen LogP contribution in [0.4, 0.5) is 11.6 Å². The minimum atomic E-state index is -0.550. The van der Waals surface area contributed by atoms with E-state index in [4.69, 9.17) is 5.84 Å². The fraction of sp³-hybridized carbons (Fsp3) is 0.125. The number of anilines is 1. The van der Waals surface area contributed by atoms with Gasteiger partial charge < -0.3 is 4.57 Å². The van der Waals surface area contributed by atoms with Crippen LogP contribution in [-0.2, 0) is 7.05 Å². The Kier molecular flexibility index (Phi) is 3.39. The van der Waals surface area contributed by atoms with Crippen LogP contribution in [-0.4, -0.2) is 24.4 Å². The molecule has 0 fully saturated rings. The quantitative estimate of drug-likeness (QED) is 0.356. The number of imidazole rings is 1. The molecule has 0 aromatic carbocycles. The maximum atomic E-state index is 10.9. The Labute approximate surface area is 106 Å². The Morgan fingerprint density at radius 2 is 2.33 bits per heavy atom. The first kappa shape index (κ1) is 12.3. The van der Waals surface area contributed by atoms with Crippen LogP contribution < -0.4 is 11.3 Å². The molecule has 0 aliphatic carbocycles. The van der Waals surface area contributed by atoms with Crippen molar-refractivity contribution in [2.75, 3.05) is 5.43 Å². The molecule has 0 aliphatic heterocycles. The van der Waals surface area contributed by atoms with Gasteiger partial charge in [-0.05, 0) is 11.8 Å². The number of hydrogen-bond acceptors (Lipinski definition) is 8. The Morgan fingerprint density at radius 1 is 1.56 bits per heavy atom. The zero-order valence-corrected chi connectivity index (χ0v) is 10.1. The van der Waals surface area contributed by atoms with Crippen molar-refractivity contribution < 1.29 is 4.92 Å². The Morgan fingerprint density at radius 3 is 2.89 bits per heavy atom. The molecule has 0 unspecified atom stereocenters. The summed E-state index contributed by atoms with van der Waals surface area (Å²) in [7, 11) is 1.78. The van der Waals surface area contributed by atoms with E-state index in [0.717, 1.165) is 18.0 Å². The molecule has 3 N–H and O–H groups in total.